The molecular formula is C34H38BClN6O7. The fourth-order valence-electron chi connectivity index (χ4n) is 5.30. The molecule has 256 valence electrons. The van der Waals surface area contributed by atoms with Crippen LogP contribution in [0.4, 0.5) is 0 Å². The number of benzene rings is 3. The van der Waals surface area contributed by atoms with E-state index in [-0.39, 0.29) is 36.8 Å². The number of nitrogens with zero attached hydrogens (tertiary/aromatic N) is 4. The van der Waals surface area contributed by atoms with E-state index in [4.69, 9.17) is 30.8 Å². The maximum absolute atomic E-state index is 12.7. The zero-order valence-corrected chi connectivity index (χ0v) is 28.0. The van der Waals surface area contributed by atoms with Gasteiger partial charge >= 0.3 is 7.12 Å². The average Bonchev–Trinajstić information content (AvgIpc) is 3.42. The van der Waals surface area contributed by atoms with Crippen LogP contribution in [0.5, 0.6) is 5.75 Å². The lowest BCUT2D eigenvalue weighted by atomic mass is 9.79. The quantitative estimate of drug-likeness (QED) is 0.102. The first kappa shape index (κ1) is 35.7. The summed E-state index contributed by atoms with van der Waals surface area (Å²) in [7, 11) is -1.64. The van der Waals surface area contributed by atoms with Crippen molar-refractivity contribution in [1.29, 1.82) is 0 Å². The Kier molecular flexibility index (Phi) is 12.5. The molecule has 1 unspecified atom stereocenters. The molecule has 0 fully saturated rings. The van der Waals surface area contributed by atoms with Gasteiger partial charge in [0, 0.05) is 34.8 Å². The van der Waals surface area contributed by atoms with Gasteiger partial charge in [0.25, 0.3) is 5.91 Å². The lowest BCUT2D eigenvalue weighted by molar-refractivity contribution is -0.121. The van der Waals surface area contributed by atoms with E-state index in [0.29, 0.717) is 66.7 Å². The van der Waals surface area contributed by atoms with Crippen LogP contribution in [0.1, 0.15) is 52.5 Å². The highest BCUT2D eigenvalue weighted by Crippen LogP contribution is 2.34. The molecule has 1 atom stereocenters. The molecule has 2 heterocycles. The second kappa shape index (κ2) is 17.2. The number of halogens is 1. The summed E-state index contributed by atoms with van der Waals surface area (Å²) in [6.07, 6.45) is 0.113. The molecule has 0 aliphatic carbocycles. The van der Waals surface area contributed by atoms with Crippen LogP contribution in [0.2, 0.25) is 5.02 Å². The summed E-state index contributed by atoms with van der Waals surface area (Å²) in [6, 6.07) is 18.7. The molecule has 1 aliphatic heterocycles. The van der Waals surface area contributed by atoms with Crippen molar-refractivity contribution in [2.24, 2.45) is 4.99 Å². The zero-order chi connectivity index (χ0) is 34.8. The molecule has 1 aliphatic rings. The zero-order valence-electron chi connectivity index (χ0n) is 27.3. The summed E-state index contributed by atoms with van der Waals surface area (Å²) in [5.41, 5.74) is 3.70. The van der Waals surface area contributed by atoms with Crippen LogP contribution in [0.15, 0.2) is 71.7 Å². The summed E-state index contributed by atoms with van der Waals surface area (Å²) < 4.78 is 19.2. The summed E-state index contributed by atoms with van der Waals surface area (Å²) in [5, 5.41) is 33.5. The van der Waals surface area contributed by atoms with E-state index in [1.54, 1.807) is 24.3 Å². The van der Waals surface area contributed by atoms with Crippen molar-refractivity contribution >= 4 is 41.7 Å². The molecule has 0 radical (unpaired) electrons. The van der Waals surface area contributed by atoms with Crippen LogP contribution in [0.3, 0.4) is 0 Å². The molecule has 0 saturated carbocycles. The van der Waals surface area contributed by atoms with Crippen LogP contribution < -0.4 is 20.8 Å². The first-order chi connectivity index (χ1) is 23.7. The minimum Gasteiger partial charge on any atom is -0.491 e. The molecule has 0 spiro atoms. The van der Waals surface area contributed by atoms with Gasteiger partial charge < -0.3 is 34.9 Å². The van der Waals surface area contributed by atoms with Crippen molar-refractivity contribution in [2.45, 2.75) is 26.3 Å². The van der Waals surface area contributed by atoms with Gasteiger partial charge in [0.1, 0.15) is 24.2 Å². The Hall–Kier alpha value is -4.60. The first-order valence-electron chi connectivity index (χ1n) is 15.9. The Balaban J connectivity index is 1.16. The van der Waals surface area contributed by atoms with Gasteiger partial charge in [0.2, 0.25) is 5.91 Å². The van der Waals surface area contributed by atoms with Gasteiger partial charge in [-0.2, -0.15) is 0 Å². The van der Waals surface area contributed by atoms with Crippen molar-refractivity contribution in [3.63, 3.8) is 0 Å². The highest BCUT2D eigenvalue weighted by atomic mass is 35.5. The standard InChI is InChI=1S/C34H38BClN6O7/c1-3-37-31(43)21-29-33-41-40-22(2)42(33)30-12-11-27(20-28(30)32(39-29)23-7-9-26(36)10-8-23)49-18-17-48-16-15-47-14-13-38-34(44)24-5-4-6-25(19-24)35(45)46/h4-12,19-20,29,45-46H,3,13-18,21H2,1-2H3,(H,37,43)(H,38,44). The maximum atomic E-state index is 12.7. The first-order valence-corrected chi connectivity index (χ1v) is 16.3. The van der Waals surface area contributed by atoms with Gasteiger partial charge in [-0.25, -0.2) is 0 Å². The van der Waals surface area contributed by atoms with E-state index in [1.165, 1.54) is 12.1 Å². The van der Waals surface area contributed by atoms with Gasteiger partial charge in [-0.1, -0.05) is 35.9 Å². The molecule has 5 rings (SSSR count). The monoisotopic (exact) mass is 688 g/mol. The number of ether oxygens (including phenoxy) is 3. The number of carbonyl (C=O) groups is 2. The number of hydrogen-bond donors (Lipinski definition) is 4. The van der Waals surface area contributed by atoms with E-state index in [2.05, 4.69) is 20.8 Å². The van der Waals surface area contributed by atoms with E-state index in [1.807, 2.05) is 48.7 Å². The van der Waals surface area contributed by atoms with Crippen LogP contribution in [-0.4, -0.2) is 95.6 Å². The average molecular weight is 689 g/mol. The van der Waals surface area contributed by atoms with Crippen molar-refractivity contribution in [3.8, 4) is 11.4 Å². The van der Waals surface area contributed by atoms with E-state index in [9.17, 15) is 19.6 Å². The number of hydrogen-bond acceptors (Lipinski definition) is 10. The normalized spacial score (nSPS) is 13.5. The summed E-state index contributed by atoms with van der Waals surface area (Å²) in [4.78, 5) is 30.0. The fraction of sp³-hybridized carbons (Fsp3) is 0.324. The van der Waals surface area contributed by atoms with Gasteiger partial charge in [-0.3, -0.25) is 19.1 Å². The highest BCUT2D eigenvalue weighted by molar-refractivity contribution is 6.58. The van der Waals surface area contributed by atoms with Crippen molar-refractivity contribution < 1.29 is 33.8 Å². The summed E-state index contributed by atoms with van der Waals surface area (Å²) in [6.45, 7) is 6.12. The molecule has 3 aromatic carbocycles. The van der Waals surface area contributed by atoms with Crippen molar-refractivity contribution in [2.75, 3.05) is 46.1 Å². The molecule has 0 bridgehead atoms. The van der Waals surface area contributed by atoms with Crippen LogP contribution in [0.25, 0.3) is 5.69 Å². The molecule has 0 saturated heterocycles. The van der Waals surface area contributed by atoms with E-state index in [0.717, 1.165) is 16.8 Å². The van der Waals surface area contributed by atoms with Crippen LogP contribution >= 0.6 is 11.6 Å². The van der Waals surface area contributed by atoms with Gasteiger partial charge in [0.15, 0.2) is 5.82 Å². The Labute approximate surface area is 289 Å². The third kappa shape index (κ3) is 9.31. The van der Waals surface area contributed by atoms with Crippen LogP contribution in [0, 0.1) is 6.92 Å². The second-order valence-electron chi connectivity index (χ2n) is 11.1. The van der Waals surface area contributed by atoms with Crippen molar-refractivity contribution in [3.05, 3.63) is 100 Å². The predicted octanol–water partition coefficient (Wildman–Crippen LogP) is 2.17. The Bertz CT molecular complexity index is 1780. The molecule has 4 aromatic rings. The number of fused-ring (bicyclic) bond motifs is 3. The van der Waals surface area contributed by atoms with Crippen LogP contribution in [-0.2, 0) is 14.3 Å². The third-order valence-electron chi connectivity index (χ3n) is 7.61. The highest BCUT2D eigenvalue weighted by Gasteiger charge is 2.30. The number of amides is 2. The van der Waals surface area contributed by atoms with Crippen molar-refractivity contribution in [1.82, 2.24) is 25.4 Å². The lowest BCUT2D eigenvalue weighted by Gasteiger charge is -2.15. The molecule has 2 amide bonds. The smallest absolute Gasteiger partial charge is 0.488 e. The molecular weight excluding hydrogens is 651 g/mol. The molecule has 4 N–H and O–H groups in total. The predicted molar refractivity (Wildman–Crippen MR) is 185 cm³/mol. The minimum absolute atomic E-state index is 0.113. The SMILES string of the molecule is CCNC(=O)CC1N=C(c2ccc(Cl)cc2)c2cc(OCCOCCOCCNC(=O)c3cccc(B(O)O)c3)ccc2-n2c(C)nnc21. The Morgan fingerprint density at radius 2 is 1.69 bits per heavy atom. The van der Waals surface area contributed by atoms with Gasteiger partial charge in [0.05, 0.1) is 44.2 Å². The molecule has 13 nitrogen and oxygen atoms in total. The molecule has 1 aromatic heterocycles. The minimum atomic E-state index is -1.64. The third-order valence-corrected chi connectivity index (χ3v) is 7.87. The fourth-order valence-corrected chi connectivity index (χ4v) is 5.43. The number of nitrogens with one attached hydrogen (secondary N) is 2. The number of aliphatic imine (C=N–C) groups is 1. The number of rotatable bonds is 16. The molecule has 15 heteroatoms. The largest absolute Gasteiger partial charge is 0.491 e. The van der Waals surface area contributed by atoms with Gasteiger partial charge in [-0.05, 0) is 61.8 Å². The van der Waals surface area contributed by atoms with E-state index < -0.39 is 13.2 Å². The number of aryl methyl sites for hydroxylation is 1. The summed E-state index contributed by atoms with van der Waals surface area (Å²) in [5.74, 6) is 1.40. The topological polar surface area (TPSA) is 169 Å². The lowest BCUT2D eigenvalue weighted by Crippen LogP contribution is -2.32. The maximum Gasteiger partial charge on any atom is 0.488 e. The Morgan fingerprint density at radius 3 is 2.45 bits per heavy atom. The summed E-state index contributed by atoms with van der Waals surface area (Å²) >= 11 is 6.20. The number of aromatic nitrogens is 3. The Morgan fingerprint density at radius 1 is 0.939 bits per heavy atom. The molecule has 49 heavy (non-hydrogen) atoms. The van der Waals surface area contributed by atoms with E-state index >= 15 is 0 Å². The second-order valence-corrected chi connectivity index (χ2v) is 11.5. The number of carbonyl (C=O) groups excluding carboxylic acids is 2. The van der Waals surface area contributed by atoms with Gasteiger partial charge in [-0.15, -0.1) is 10.2 Å².